The largest absolute Gasteiger partial charge is 0.0947 e. The molecule has 0 aliphatic heterocycles. The molecule has 0 amide bonds. The standard InChI is InChI=1S/C9H19/c1-5-9(4)7-6-8(2)3/h7-9H,5-6H2,1-4H3/q+1. The maximum absolute atomic E-state index is 2.42. The number of hydrogen-bond donors (Lipinski definition) is 0. The summed E-state index contributed by atoms with van der Waals surface area (Å²) >= 11 is 0. The zero-order valence-corrected chi connectivity index (χ0v) is 7.15. The average Bonchev–Trinajstić information content (AvgIpc) is 1.83. The minimum Gasteiger partial charge on any atom is -0.0610 e. The predicted octanol–water partition coefficient (Wildman–Crippen LogP) is 3.28. The maximum Gasteiger partial charge on any atom is 0.0947 e. The predicted molar refractivity (Wildman–Crippen MR) is 43.2 cm³/mol. The van der Waals surface area contributed by atoms with Crippen molar-refractivity contribution in [2.75, 3.05) is 0 Å². The Morgan fingerprint density at radius 2 is 1.78 bits per heavy atom. The van der Waals surface area contributed by atoms with Gasteiger partial charge < -0.3 is 0 Å². The van der Waals surface area contributed by atoms with Gasteiger partial charge in [0.15, 0.2) is 0 Å². The van der Waals surface area contributed by atoms with E-state index in [1.807, 2.05) is 0 Å². The quantitative estimate of drug-likeness (QED) is 0.508. The summed E-state index contributed by atoms with van der Waals surface area (Å²) in [6, 6.07) is 0. The molecule has 0 saturated heterocycles. The fourth-order valence-corrected chi connectivity index (χ4v) is 0.671. The van der Waals surface area contributed by atoms with Crippen LogP contribution in [0.4, 0.5) is 0 Å². The lowest BCUT2D eigenvalue weighted by molar-refractivity contribution is 0.546. The first kappa shape index (κ1) is 8.87. The summed E-state index contributed by atoms with van der Waals surface area (Å²) in [4.78, 5) is 0. The van der Waals surface area contributed by atoms with Gasteiger partial charge in [-0.2, -0.15) is 0 Å². The van der Waals surface area contributed by atoms with Gasteiger partial charge in [0, 0.05) is 0 Å². The SMILES string of the molecule is CCC(C)[CH+]CC(C)C. The van der Waals surface area contributed by atoms with E-state index in [2.05, 4.69) is 34.1 Å². The molecule has 0 heterocycles. The molecule has 0 N–H and O–H groups in total. The summed E-state index contributed by atoms with van der Waals surface area (Å²) < 4.78 is 0. The van der Waals surface area contributed by atoms with E-state index in [1.165, 1.54) is 12.8 Å². The second kappa shape index (κ2) is 4.72. The first-order chi connectivity index (χ1) is 4.16. The van der Waals surface area contributed by atoms with E-state index in [4.69, 9.17) is 0 Å². The third kappa shape index (κ3) is 5.75. The monoisotopic (exact) mass is 127 g/mol. The van der Waals surface area contributed by atoms with Crippen molar-refractivity contribution in [2.24, 2.45) is 11.8 Å². The summed E-state index contributed by atoms with van der Waals surface area (Å²) in [6.45, 7) is 9.04. The Morgan fingerprint density at radius 1 is 1.22 bits per heavy atom. The summed E-state index contributed by atoms with van der Waals surface area (Å²) in [6.07, 6.45) is 4.98. The fraction of sp³-hybridized carbons (Fsp3) is 0.889. The van der Waals surface area contributed by atoms with Crippen LogP contribution in [0.25, 0.3) is 0 Å². The topological polar surface area (TPSA) is 0 Å². The van der Waals surface area contributed by atoms with Gasteiger partial charge in [-0.1, -0.05) is 20.8 Å². The lowest BCUT2D eigenvalue weighted by Gasteiger charge is -1.99. The second-order valence-electron chi connectivity index (χ2n) is 3.25. The molecule has 1 atom stereocenters. The van der Waals surface area contributed by atoms with E-state index in [1.54, 1.807) is 0 Å². The van der Waals surface area contributed by atoms with Gasteiger partial charge in [-0.05, 0) is 19.3 Å². The van der Waals surface area contributed by atoms with Gasteiger partial charge in [0.05, 0.1) is 18.8 Å². The molecule has 0 aliphatic carbocycles. The molecule has 0 aromatic rings. The number of hydrogen-bond acceptors (Lipinski definition) is 0. The Bertz CT molecular complexity index is 55.1. The zero-order chi connectivity index (χ0) is 7.28. The van der Waals surface area contributed by atoms with Crippen LogP contribution in [0.15, 0.2) is 0 Å². The van der Waals surface area contributed by atoms with Crippen molar-refractivity contribution in [2.45, 2.75) is 40.5 Å². The normalized spacial score (nSPS) is 13.9. The van der Waals surface area contributed by atoms with Gasteiger partial charge in [0.1, 0.15) is 0 Å². The summed E-state index contributed by atoms with van der Waals surface area (Å²) in [7, 11) is 0. The van der Waals surface area contributed by atoms with Crippen molar-refractivity contribution in [3.8, 4) is 0 Å². The molecule has 0 spiro atoms. The summed E-state index contributed by atoms with van der Waals surface area (Å²) in [5.41, 5.74) is 0. The molecular formula is C9H19+. The van der Waals surface area contributed by atoms with Crippen LogP contribution in [-0.4, -0.2) is 0 Å². The minimum absolute atomic E-state index is 0.812. The van der Waals surface area contributed by atoms with Crippen molar-refractivity contribution in [1.82, 2.24) is 0 Å². The van der Waals surface area contributed by atoms with Crippen LogP contribution in [0.1, 0.15) is 40.5 Å². The van der Waals surface area contributed by atoms with Crippen LogP contribution in [0.2, 0.25) is 0 Å². The van der Waals surface area contributed by atoms with Crippen LogP contribution in [-0.2, 0) is 0 Å². The molecule has 0 aromatic carbocycles. The highest BCUT2D eigenvalue weighted by Crippen LogP contribution is 2.12. The molecule has 54 valence electrons. The molecule has 0 radical (unpaired) electrons. The Hall–Kier alpha value is -0.130. The van der Waals surface area contributed by atoms with Gasteiger partial charge >= 0.3 is 0 Å². The van der Waals surface area contributed by atoms with Gasteiger partial charge in [0.25, 0.3) is 0 Å². The second-order valence-corrected chi connectivity index (χ2v) is 3.25. The van der Waals surface area contributed by atoms with E-state index >= 15 is 0 Å². The first-order valence-corrected chi connectivity index (χ1v) is 4.00. The average molecular weight is 127 g/mol. The smallest absolute Gasteiger partial charge is 0.0610 e. The van der Waals surface area contributed by atoms with E-state index < -0.39 is 0 Å². The molecule has 0 aromatic heterocycles. The zero-order valence-electron chi connectivity index (χ0n) is 7.15. The van der Waals surface area contributed by atoms with Gasteiger partial charge in [-0.25, -0.2) is 0 Å². The Kier molecular flexibility index (Phi) is 4.65. The van der Waals surface area contributed by atoms with Gasteiger partial charge in [-0.15, -0.1) is 0 Å². The van der Waals surface area contributed by atoms with Crippen LogP contribution >= 0.6 is 0 Å². The molecule has 0 nitrogen and oxygen atoms in total. The molecule has 1 unspecified atom stereocenters. The molecule has 0 bridgehead atoms. The molecule has 0 aliphatic rings. The van der Waals surface area contributed by atoms with Crippen LogP contribution in [0.5, 0.6) is 0 Å². The van der Waals surface area contributed by atoms with E-state index in [0.717, 1.165) is 11.8 Å². The first-order valence-electron chi connectivity index (χ1n) is 4.00. The molecule has 0 heteroatoms. The van der Waals surface area contributed by atoms with E-state index in [0.29, 0.717) is 0 Å². The lowest BCUT2D eigenvalue weighted by Crippen LogP contribution is -1.96. The maximum atomic E-state index is 2.42. The Morgan fingerprint density at radius 3 is 2.11 bits per heavy atom. The van der Waals surface area contributed by atoms with E-state index in [9.17, 15) is 0 Å². The van der Waals surface area contributed by atoms with Crippen LogP contribution < -0.4 is 0 Å². The van der Waals surface area contributed by atoms with Crippen LogP contribution in [0, 0.1) is 18.3 Å². The van der Waals surface area contributed by atoms with Crippen molar-refractivity contribution in [1.29, 1.82) is 0 Å². The van der Waals surface area contributed by atoms with Crippen molar-refractivity contribution < 1.29 is 0 Å². The molecular weight excluding hydrogens is 108 g/mol. The highest BCUT2D eigenvalue weighted by molar-refractivity contribution is 4.72. The van der Waals surface area contributed by atoms with Crippen molar-refractivity contribution >= 4 is 0 Å². The lowest BCUT2D eigenvalue weighted by atomic mass is 9.98. The molecule has 0 fully saturated rings. The number of rotatable bonds is 4. The third-order valence-electron chi connectivity index (χ3n) is 1.65. The van der Waals surface area contributed by atoms with Gasteiger partial charge in [-0.3, -0.25) is 0 Å². The minimum atomic E-state index is 0.812. The third-order valence-corrected chi connectivity index (χ3v) is 1.65. The summed E-state index contributed by atoms with van der Waals surface area (Å²) in [5.74, 6) is 1.64. The van der Waals surface area contributed by atoms with Gasteiger partial charge in [0.2, 0.25) is 0 Å². The summed E-state index contributed by atoms with van der Waals surface area (Å²) in [5, 5.41) is 0. The molecule has 0 saturated carbocycles. The molecule has 0 rings (SSSR count). The highest BCUT2D eigenvalue weighted by atomic mass is 14.1. The fourth-order valence-electron chi connectivity index (χ4n) is 0.671. The van der Waals surface area contributed by atoms with Crippen molar-refractivity contribution in [3.63, 3.8) is 0 Å². The van der Waals surface area contributed by atoms with E-state index in [-0.39, 0.29) is 0 Å². The Labute approximate surface area is 59.7 Å². The molecule has 9 heavy (non-hydrogen) atoms. The van der Waals surface area contributed by atoms with Crippen LogP contribution in [0.3, 0.4) is 0 Å². The Balaban J connectivity index is 3.06. The highest BCUT2D eigenvalue weighted by Gasteiger charge is 2.09. The van der Waals surface area contributed by atoms with Crippen molar-refractivity contribution in [3.05, 3.63) is 6.42 Å².